The van der Waals surface area contributed by atoms with Crippen molar-refractivity contribution in [2.75, 3.05) is 17.6 Å². The zero-order valence-electron chi connectivity index (χ0n) is 10.0. The van der Waals surface area contributed by atoms with E-state index in [1.807, 2.05) is 0 Å². The monoisotopic (exact) mass is 274 g/mol. The first-order chi connectivity index (χ1) is 8.39. The molecule has 0 heterocycles. The number of hydrogen-bond donors (Lipinski definition) is 1. The number of ether oxygens (including phenoxy) is 1. The van der Waals surface area contributed by atoms with Crippen LogP contribution in [0, 0.1) is 10.1 Å². The van der Waals surface area contributed by atoms with Crippen molar-refractivity contribution in [3.05, 3.63) is 28.3 Å². The van der Waals surface area contributed by atoms with Gasteiger partial charge in [0.05, 0.1) is 23.5 Å². The van der Waals surface area contributed by atoms with Crippen LogP contribution in [-0.2, 0) is 10.0 Å². The first kappa shape index (κ1) is 14.2. The smallest absolute Gasteiger partial charge is 0.312 e. The Hall–Kier alpha value is -1.83. The van der Waals surface area contributed by atoms with Gasteiger partial charge in [0.1, 0.15) is 0 Å². The first-order valence-electron chi connectivity index (χ1n) is 5.22. The van der Waals surface area contributed by atoms with Crippen LogP contribution in [0.3, 0.4) is 0 Å². The molecule has 0 unspecified atom stereocenters. The lowest BCUT2D eigenvalue weighted by molar-refractivity contribution is -0.385. The maximum Gasteiger partial charge on any atom is 0.312 e. The first-order valence-corrected chi connectivity index (χ1v) is 6.87. The van der Waals surface area contributed by atoms with Crippen LogP contribution in [0.4, 0.5) is 11.4 Å². The second-order valence-corrected chi connectivity index (χ2v) is 5.41. The minimum absolute atomic E-state index is 0.0349. The van der Waals surface area contributed by atoms with E-state index in [9.17, 15) is 18.5 Å². The van der Waals surface area contributed by atoms with Crippen molar-refractivity contribution in [2.24, 2.45) is 0 Å². The number of nitrogens with zero attached hydrogens (tertiary/aromatic N) is 1. The average Bonchev–Trinajstić information content (AvgIpc) is 2.28. The third kappa shape index (κ3) is 3.59. The summed E-state index contributed by atoms with van der Waals surface area (Å²) in [4.78, 5) is 10.1. The van der Waals surface area contributed by atoms with Gasteiger partial charge in [-0.15, -0.1) is 0 Å². The standard InChI is InChI=1S/C10H14N2O5S/c1-3-6-18(15,16)11-8-4-5-10(17-2)9(7-8)12(13)14/h4-5,7,11H,3,6H2,1-2H3. The summed E-state index contributed by atoms with van der Waals surface area (Å²) in [5.41, 5.74) is -0.134. The van der Waals surface area contributed by atoms with Crippen molar-refractivity contribution >= 4 is 21.4 Å². The van der Waals surface area contributed by atoms with Crippen LogP contribution in [0.25, 0.3) is 0 Å². The Morgan fingerprint density at radius 2 is 2.11 bits per heavy atom. The Labute approximate surface area is 105 Å². The second kappa shape index (κ2) is 5.67. The molecule has 0 fully saturated rings. The van der Waals surface area contributed by atoms with Crippen LogP contribution in [-0.4, -0.2) is 26.2 Å². The third-order valence-electron chi connectivity index (χ3n) is 2.12. The fraction of sp³-hybridized carbons (Fsp3) is 0.400. The zero-order chi connectivity index (χ0) is 13.8. The highest BCUT2D eigenvalue weighted by molar-refractivity contribution is 7.92. The molecule has 1 aromatic rings. The summed E-state index contributed by atoms with van der Waals surface area (Å²) in [6.07, 6.45) is 0.466. The van der Waals surface area contributed by atoms with E-state index >= 15 is 0 Å². The molecule has 0 atom stereocenters. The van der Waals surface area contributed by atoms with Gasteiger partial charge in [-0.2, -0.15) is 0 Å². The highest BCUT2D eigenvalue weighted by atomic mass is 32.2. The summed E-state index contributed by atoms with van der Waals surface area (Å²) < 4.78 is 30.1. The molecule has 1 rings (SSSR count). The highest BCUT2D eigenvalue weighted by Gasteiger charge is 2.17. The molecule has 18 heavy (non-hydrogen) atoms. The van der Waals surface area contributed by atoms with Gasteiger partial charge in [-0.3, -0.25) is 14.8 Å². The molecule has 0 radical (unpaired) electrons. The molecule has 1 N–H and O–H groups in total. The Morgan fingerprint density at radius 1 is 1.44 bits per heavy atom. The summed E-state index contributed by atoms with van der Waals surface area (Å²) in [6, 6.07) is 3.90. The van der Waals surface area contributed by atoms with E-state index in [2.05, 4.69) is 4.72 Å². The highest BCUT2D eigenvalue weighted by Crippen LogP contribution is 2.29. The summed E-state index contributed by atoms with van der Waals surface area (Å²) in [5, 5.41) is 10.8. The zero-order valence-corrected chi connectivity index (χ0v) is 10.9. The van der Waals surface area contributed by atoms with Gasteiger partial charge in [0, 0.05) is 6.07 Å². The fourth-order valence-corrected chi connectivity index (χ4v) is 2.52. The molecule has 100 valence electrons. The fourth-order valence-electron chi connectivity index (χ4n) is 1.40. The van der Waals surface area contributed by atoms with Crippen molar-refractivity contribution < 1.29 is 18.1 Å². The van der Waals surface area contributed by atoms with Crippen LogP contribution in [0.1, 0.15) is 13.3 Å². The molecule has 0 aliphatic carbocycles. The van der Waals surface area contributed by atoms with E-state index in [4.69, 9.17) is 4.74 Å². The quantitative estimate of drug-likeness (QED) is 0.629. The van der Waals surface area contributed by atoms with Gasteiger partial charge in [0.25, 0.3) is 0 Å². The van der Waals surface area contributed by atoms with Crippen LogP contribution < -0.4 is 9.46 Å². The predicted molar refractivity (Wildman–Crippen MR) is 67.3 cm³/mol. The molecule has 0 aliphatic rings. The maximum atomic E-state index is 11.5. The number of rotatable bonds is 6. The molecule has 0 amide bonds. The van der Waals surface area contributed by atoms with Crippen LogP contribution in [0.5, 0.6) is 5.75 Å². The van der Waals surface area contributed by atoms with Gasteiger partial charge < -0.3 is 4.74 Å². The predicted octanol–water partition coefficient (Wildman–Crippen LogP) is 1.76. The SMILES string of the molecule is CCCS(=O)(=O)Nc1ccc(OC)c([N+](=O)[O-])c1. The lowest BCUT2D eigenvalue weighted by Gasteiger charge is -2.08. The molecule has 7 nitrogen and oxygen atoms in total. The van der Waals surface area contributed by atoms with Gasteiger partial charge in [-0.25, -0.2) is 8.42 Å². The minimum atomic E-state index is -3.46. The molecular weight excluding hydrogens is 260 g/mol. The number of nitro groups is 1. The van der Waals surface area contributed by atoms with Crippen LogP contribution in [0.15, 0.2) is 18.2 Å². The molecule has 8 heteroatoms. The number of nitrogens with one attached hydrogen (secondary N) is 1. The molecule has 0 aliphatic heterocycles. The number of anilines is 1. The summed E-state index contributed by atoms with van der Waals surface area (Å²) in [5.74, 6) is 0.0470. The number of methoxy groups -OCH3 is 1. The minimum Gasteiger partial charge on any atom is -0.490 e. The normalized spacial score (nSPS) is 11.0. The molecule has 0 saturated carbocycles. The number of hydrogen-bond acceptors (Lipinski definition) is 5. The lowest BCUT2D eigenvalue weighted by atomic mass is 10.2. The Kier molecular flexibility index (Phi) is 4.49. The summed E-state index contributed by atoms with van der Waals surface area (Å²) in [6.45, 7) is 1.73. The Morgan fingerprint density at radius 3 is 2.61 bits per heavy atom. The topological polar surface area (TPSA) is 98.5 Å². The number of sulfonamides is 1. The third-order valence-corrected chi connectivity index (χ3v) is 3.61. The van der Waals surface area contributed by atoms with Gasteiger partial charge >= 0.3 is 5.69 Å². The second-order valence-electron chi connectivity index (χ2n) is 3.56. The summed E-state index contributed by atoms with van der Waals surface area (Å²) in [7, 11) is -2.15. The van der Waals surface area contributed by atoms with E-state index in [1.54, 1.807) is 6.92 Å². The van der Waals surface area contributed by atoms with Gasteiger partial charge in [0.15, 0.2) is 5.75 Å². The number of benzene rings is 1. The molecule has 0 aromatic heterocycles. The summed E-state index contributed by atoms with van der Waals surface area (Å²) >= 11 is 0. The Balaban J connectivity index is 3.06. The molecular formula is C10H14N2O5S. The molecule has 0 bridgehead atoms. The largest absolute Gasteiger partial charge is 0.490 e. The van der Waals surface area contributed by atoms with Crippen LogP contribution >= 0.6 is 0 Å². The number of nitro benzene ring substituents is 1. The van der Waals surface area contributed by atoms with Gasteiger partial charge in [0.2, 0.25) is 10.0 Å². The van der Waals surface area contributed by atoms with Crippen molar-refractivity contribution in [3.8, 4) is 5.75 Å². The van der Waals surface area contributed by atoms with Gasteiger partial charge in [-0.05, 0) is 18.6 Å². The van der Waals surface area contributed by atoms with E-state index in [1.165, 1.54) is 19.2 Å². The van der Waals surface area contributed by atoms with E-state index < -0.39 is 14.9 Å². The molecule has 0 saturated heterocycles. The van der Waals surface area contributed by atoms with E-state index in [0.29, 0.717) is 6.42 Å². The van der Waals surface area contributed by atoms with Crippen LogP contribution in [0.2, 0.25) is 0 Å². The average molecular weight is 274 g/mol. The van der Waals surface area contributed by atoms with Crippen molar-refractivity contribution in [3.63, 3.8) is 0 Å². The molecule has 0 spiro atoms. The van der Waals surface area contributed by atoms with Gasteiger partial charge in [-0.1, -0.05) is 6.92 Å². The maximum absolute atomic E-state index is 11.5. The van der Waals surface area contributed by atoms with E-state index in [-0.39, 0.29) is 22.9 Å². The lowest BCUT2D eigenvalue weighted by Crippen LogP contribution is -2.16. The Bertz CT molecular complexity index is 541. The molecule has 1 aromatic carbocycles. The van der Waals surface area contributed by atoms with E-state index in [0.717, 1.165) is 6.07 Å². The van der Waals surface area contributed by atoms with Crippen molar-refractivity contribution in [1.82, 2.24) is 0 Å². The van der Waals surface area contributed by atoms with Crippen molar-refractivity contribution in [1.29, 1.82) is 0 Å². The van der Waals surface area contributed by atoms with Crippen molar-refractivity contribution in [2.45, 2.75) is 13.3 Å².